The Hall–Kier alpha value is -0.980. The first-order chi connectivity index (χ1) is 5.88. The number of pyridine rings is 1. The van der Waals surface area contributed by atoms with Gasteiger partial charge in [0.25, 0.3) is 0 Å². The quantitative estimate of drug-likeness (QED) is 0.785. The highest BCUT2D eigenvalue weighted by atomic mass is 79.9. The van der Waals surface area contributed by atoms with E-state index in [1.165, 1.54) is 6.07 Å². The molecule has 0 unspecified atom stereocenters. The van der Waals surface area contributed by atoms with Gasteiger partial charge in [0.15, 0.2) is 10.4 Å². The topological polar surface area (TPSA) is 48.1 Å². The predicted molar refractivity (Wildman–Crippen MR) is 43.0 cm³/mol. The predicted octanol–water partition coefficient (Wildman–Crippen LogP) is 2.32. The van der Waals surface area contributed by atoms with Gasteiger partial charge in [0.05, 0.1) is 0 Å². The summed E-state index contributed by atoms with van der Waals surface area (Å²) in [7, 11) is 0. The van der Waals surface area contributed by atoms with Crippen LogP contribution in [0.2, 0.25) is 0 Å². The van der Waals surface area contributed by atoms with E-state index in [1.807, 2.05) is 0 Å². The molecule has 1 aromatic rings. The third-order valence-corrected chi connectivity index (χ3v) is 1.63. The number of nitrogens with zero attached hydrogens (tertiary/aromatic N) is 1. The smallest absolute Gasteiger partial charge is 0.403 e. The average Bonchev–Trinajstić information content (AvgIpc) is 1.93. The molecule has 0 bridgehead atoms. The normalized spacial score (nSPS) is 11.4. The van der Waals surface area contributed by atoms with Crippen LogP contribution in [0.5, 0.6) is 5.75 Å². The Kier molecular flexibility index (Phi) is 2.65. The Morgan fingerprint density at radius 3 is 2.46 bits per heavy atom. The van der Waals surface area contributed by atoms with E-state index in [1.54, 1.807) is 0 Å². The molecule has 7 heteroatoms. The van der Waals surface area contributed by atoms with Gasteiger partial charge in [-0.2, -0.15) is 0 Å². The lowest BCUT2D eigenvalue weighted by atomic mass is 10.4. The van der Waals surface area contributed by atoms with Gasteiger partial charge in [-0.15, -0.1) is 13.2 Å². The van der Waals surface area contributed by atoms with Crippen LogP contribution < -0.4 is 10.5 Å². The second kappa shape index (κ2) is 3.41. The standard InChI is InChI=1S/C6H4BrF3N2O/c7-5-3(13-6(8,9)10)1-2-4(11)12-5/h1-2H,(H2,11,12). The van der Waals surface area contributed by atoms with Gasteiger partial charge in [0.2, 0.25) is 0 Å². The molecule has 13 heavy (non-hydrogen) atoms. The van der Waals surface area contributed by atoms with E-state index in [0.717, 1.165) is 6.07 Å². The number of alkyl halides is 3. The van der Waals surface area contributed by atoms with E-state index in [9.17, 15) is 13.2 Å². The van der Waals surface area contributed by atoms with Crippen LogP contribution in [0.1, 0.15) is 0 Å². The largest absolute Gasteiger partial charge is 0.573 e. The van der Waals surface area contributed by atoms with E-state index >= 15 is 0 Å². The first-order valence-corrected chi connectivity index (χ1v) is 3.85. The van der Waals surface area contributed by atoms with Crippen LogP contribution in [0, 0.1) is 0 Å². The average molecular weight is 257 g/mol. The summed E-state index contributed by atoms with van der Waals surface area (Å²) < 4.78 is 38.7. The fourth-order valence-electron chi connectivity index (χ4n) is 0.636. The molecular weight excluding hydrogens is 253 g/mol. The molecule has 0 amide bonds. The third-order valence-electron chi connectivity index (χ3n) is 1.06. The monoisotopic (exact) mass is 256 g/mol. The molecule has 0 aromatic carbocycles. The number of rotatable bonds is 1. The molecule has 2 N–H and O–H groups in total. The van der Waals surface area contributed by atoms with Gasteiger partial charge in [-0.25, -0.2) is 4.98 Å². The Bertz CT molecular complexity index is 315. The van der Waals surface area contributed by atoms with E-state index < -0.39 is 12.1 Å². The Labute approximate surface area is 79.8 Å². The van der Waals surface area contributed by atoms with Crippen LogP contribution >= 0.6 is 15.9 Å². The molecule has 0 fully saturated rings. The van der Waals surface area contributed by atoms with Gasteiger partial charge in [0, 0.05) is 0 Å². The highest BCUT2D eigenvalue weighted by Crippen LogP contribution is 2.29. The zero-order valence-corrected chi connectivity index (χ0v) is 7.69. The Balaban J connectivity index is 2.90. The molecule has 0 atom stereocenters. The fourth-order valence-corrected chi connectivity index (χ4v) is 1.05. The van der Waals surface area contributed by atoms with Crippen LogP contribution in [0.4, 0.5) is 19.0 Å². The second-order valence-corrected chi connectivity index (χ2v) is 2.82. The molecule has 1 aromatic heterocycles. The maximum atomic E-state index is 11.7. The van der Waals surface area contributed by atoms with E-state index in [4.69, 9.17) is 5.73 Å². The minimum atomic E-state index is -4.72. The molecule has 0 aliphatic heterocycles. The van der Waals surface area contributed by atoms with Gasteiger partial charge in [-0.05, 0) is 28.1 Å². The van der Waals surface area contributed by atoms with Crippen LogP contribution in [0.25, 0.3) is 0 Å². The summed E-state index contributed by atoms with van der Waals surface area (Å²) in [5.41, 5.74) is 5.21. The lowest BCUT2D eigenvalue weighted by Gasteiger charge is -2.09. The van der Waals surface area contributed by atoms with Gasteiger partial charge in [-0.3, -0.25) is 0 Å². The minimum Gasteiger partial charge on any atom is -0.403 e. The summed E-state index contributed by atoms with van der Waals surface area (Å²) in [4.78, 5) is 3.53. The molecule has 0 aliphatic rings. The van der Waals surface area contributed by atoms with Gasteiger partial charge in [-0.1, -0.05) is 0 Å². The number of nitrogen functional groups attached to an aromatic ring is 1. The first kappa shape index (κ1) is 10.1. The Morgan fingerprint density at radius 1 is 1.38 bits per heavy atom. The maximum absolute atomic E-state index is 11.7. The van der Waals surface area contributed by atoms with Crippen molar-refractivity contribution in [3.05, 3.63) is 16.7 Å². The van der Waals surface area contributed by atoms with Crippen molar-refractivity contribution in [3.8, 4) is 5.75 Å². The summed E-state index contributed by atoms with van der Waals surface area (Å²) >= 11 is 2.78. The van der Waals surface area contributed by atoms with Gasteiger partial charge >= 0.3 is 6.36 Å². The van der Waals surface area contributed by atoms with Crippen molar-refractivity contribution in [3.63, 3.8) is 0 Å². The molecule has 0 spiro atoms. The zero-order chi connectivity index (χ0) is 10.1. The lowest BCUT2D eigenvalue weighted by molar-refractivity contribution is -0.275. The number of halogens is 4. The summed E-state index contributed by atoms with van der Waals surface area (Å²) in [6, 6.07) is 2.30. The van der Waals surface area contributed by atoms with Crippen molar-refractivity contribution in [2.24, 2.45) is 0 Å². The minimum absolute atomic E-state index is 0.0789. The molecule has 0 saturated carbocycles. The SMILES string of the molecule is Nc1ccc(OC(F)(F)F)c(Br)n1. The molecule has 1 heterocycles. The first-order valence-electron chi connectivity index (χ1n) is 3.06. The highest BCUT2D eigenvalue weighted by Gasteiger charge is 2.32. The van der Waals surface area contributed by atoms with E-state index in [0.29, 0.717) is 0 Å². The summed E-state index contributed by atoms with van der Waals surface area (Å²) in [5, 5.41) is 0. The lowest BCUT2D eigenvalue weighted by Crippen LogP contribution is -2.17. The van der Waals surface area contributed by atoms with Crippen molar-refractivity contribution < 1.29 is 17.9 Å². The van der Waals surface area contributed by atoms with Crippen LogP contribution in [-0.2, 0) is 0 Å². The number of ether oxygens (including phenoxy) is 1. The van der Waals surface area contributed by atoms with Gasteiger partial charge in [0.1, 0.15) is 5.82 Å². The second-order valence-electron chi connectivity index (χ2n) is 2.07. The van der Waals surface area contributed by atoms with Crippen LogP contribution in [-0.4, -0.2) is 11.3 Å². The zero-order valence-electron chi connectivity index (χ0n) is 6.10. The molecule has 72 valence electrons. The van der Waals surface area contributed by atoms with Crippen molar-refractivity contribution >= 4 is 21.7 Å². The highest BCUT2D eigenvalue weighted by molar-refractivity contribution is 9.10. The number of hydrogen-bond donors (Lipinski definition) is 1. The van der Waals surface area contributed by atoms with Crippen molar-refractivity contribution in [2.75, 3.05) is 5.73 Å². The van der Waals surface area contributed by atoms with Crippen molar-refractivity contribution in [1.29, 1.82) is 0 Å². The van der Waals surface area contributed by atoms with Crippen molar-refractivity contribution in [1.82, 2.24) is 4.98 Å². The number of nitrogens with two attached hydrogens (primary N) is 1. The number of aromatic nitrogens is 1. The Morgan fingerprint density at radius 2 is 2.00 bits per heavy atom. The summed E-state index contributed by atoms with van der Waals surface area (Å²) in [6.45, 7) is 0. The van der Waals surface area contributed by atoms with Crippen LogP contribution in [0.15, 0.2) is 16.7 Å². The molecule has 0 aliphatic carbocycles. The van der Waals surface area contributed by atoms with E-state index in [-0.39, 0.29) is 10.4 Å². The molecule has 0 radical (unpaired) electrons. The summed E-state index contributed by atoms with van der Waals surface area (Å²) in [6.07, 6.45) is -4.72. The fraction of sp³-hybridized carbons (Fsp3) is 0.167. The molecular formula is C6H4BrF3N2O. The summed E-state index contributed by atoms with van der Waals surface area (Å²) in [5.74, 6) is -0.303. The van der Waals surface area contributed by atoms with Crippen LogP contribution in [0.3, 0.4) is 0 Å². The number of hydrogen-bond acceptors (Lipinski definition) is 3. The molecule has 3 nitrogen and oxygen atoms in total. The number of anilines is 1. The molecule has 0 saturated heterocycles. The van der Waals surface area contributed by atoms with E-state index in [2.05, 4.69) is 25.7 Å². The maximum Gasteiger partial charge on any atom is 0.573 e. The third kappa shape index (κ3) is 3.10. The van der Waals surface area contributed by atoms with Gasteiger partial charge < -0.3 is 10.5 Å². The van der Waals surface area contributed by atoms with Crippen molar-refractivity contribution in [2.45, 2.75) is 6.36 Å². The molecule has 1 rings (SSSR count).